The van der Waals surface area contributed by atoms with Crippen molar-refractivity contribution >= 4 is 17.9 Å². The van der Waals surface area contributed by atoms with E-state index in [1.54, 1.807) is 18.4 Å². The number of carbonyl (C=O) groups is 1. The molecule has 2 heterocycles. The van der Waals surface area contributed by atoms with Crippen molar-refractivity contribution in [3.8, 4) is 0 Å². The van der Waals surface area contributed by atoms with E-state index in [1.807, 2.05) is 0 Å². The number of hydrogen-bond acceptors (Lipinski definition) is 4. The molecule has 5 nitrogen and oxygen atoms in total. The van der Waals surface area contributed by atoms with Crippen LogP contribution in [-0.4, -0.2) is 29.2 Å². The monoisotopic (exact) mass is 177 g/mol. The van der Waals surface area contributed by atoms with Crippen LogP contribution < -0.4 is 5.73 Å². The molecule has 2 aliphatic rings. The van der Waals surface area contributed by atoms with Crippen molar-refractivity contribution in [2.24, 2.45) is 15.7 Å². The number of hydrogen-bond donors (Lipinski definition) is 2. The first kappa shape index (κ1) is 7.72. The summed E-state index contributed by atoms with van der Waals surface area (Å²) in [6.07, 6.45) is 4.57. The van der Waals surface area contributed by atoms with Crippen LogP contribution in [0.2, 0.25) is 0 Å². The van der Waals surface area contributed by atoms with Crippen molar-refractivity contribution in [1.82, 2.24) is 0 Å². The highest BCUT2D eigenvalue weighted by Gasteiger charge is 2.28. The van der Waals surface area contributed by atoms with Gasteiger partial charge in [0, 0.05) is 11.8 Å². The van der Waals surface area contributed by atoms with E-state index in [4.69, 9.17) is 10.8 Å². The highest BCUT2D eigenvalue weighted by atomic mass is 16.4. The maximum absolute atomic E-state index is 10.6. The fraction of sp³-hybridized carbons (Fsp3) is 0.125. The lowest BCUT2D eigenvalue weighted by atomic mass is 10.1. The molecule has 13 heavy (non-hydrogen) atoms. The second-order valence-electron chi connectivity index (χ2n) is 2.68. The molecule has 0 fully saturated rings. The van der Waals surface area contributed by atoms with Gasteiger partial charge in [-0.3, -0.25) is 4.99 Å². The summed E-state index contributed by atoms with van der Waals surface area (Å²) < 4.78 is 0. The molecule has 5 heteroatoms. The summed E-state index contributed by atoms with van der Waals surface area (Å²) in [5.74, 6) is -1.11. The zero-order valence-corrected chi connectivity index (χ0v) is 6.64. The topological polar surface area (TPSA) is 88.0 Å². The van der Waals surface area contributed by atoms with Gasteiger partial charge in [-0.1, -0.05) is 6.08 Å². The Balaban J connectivity index is 2.47. The second-order valence-corrected chi connectivity index (χ2v) is 2.68. The highest BCUT2D eigenvalue weighted by Crippen LogP contribution is 2.22. The van der Waals surface area contributed by atoms with E-state index < -0.39 is 12.1 Å². The average Bonchev–Trinajstić information content (AvgIpc) is 2.45. The number of fused-ring (bicyclic) bond motifs is 1. The van der Waals surface area contributed by atoms with Crippen LogP contribution in [0.25, 0.3) is 0 Å². The molecule has 2 aliphatic heterocycles. The van der Waals surface area contributed by atoms with E-state index in [-0.39, 0.29) is 11.4 Å². The summed E-state index contributed by atoms with van der Waals surface area (Å²) in [6.45, 7) is 0. The van der Waals surface area contributed by atoms with Crippen molar-refractivity contribution in [2.45, 2.75) is 6.17 Å². The molecule has 0 aromatic carbocycles. The Morgan fingerprint density at radius 1 is 1.62 bits per heavy atom. The first-order chi connectivity index (χ1) is 6.20. The maximum Gasteiger partial charge on any atom is 0.356 e. The normalized spacial score (nSPS) is 24.6. The molecular weight excluding hydrogens is 170 g/mol. The van der Waals surface area contributed by atoms with Crippen LogP contribution in [0.15, 0.2) is 33.4 Å². The van der Waals surface area contributed by atoms with Gasteiger partial charge in [-0.25, -0.2) is 9.79 Å². The summed E-state index contributed by atoms with van der Waals surface area (Å²) in [4.78, 5) is 18.5. The minimum atomic E-state index is -1.11. The maximum atomic E-state index is 10.6. The van der Waals surface area contributed by atoms with E-state index in [1.165, 1.54) is 0 Å². The quantitative estimate of drug-likeness (QED) is 0.576. The first-order valence-electron chi connectivity index (χ1n) is 3.71. The Labute approximate surface area is 74.0 Å². The van der Waals surface area contributed by atoms with Crippen LogP contribution in [0.4, 0.5) is 0 Å². The lowest BCUT2D eigenvalue weighted by Crippen LogP contribution is -2.19. The molecular formula is C8H7N3O2. The third kappa shape index (κ3) is 1.05. The van der Waals surface area contributed by atoms with Gasteiger partial charge in [0.05, 0.1) is 5.70 Å². The Hall–Kier alpha value is -1.91. The van der Waals surface area contributed by atoms with Crippen LogP contribution in [-0.2, 0) is 4.79 Å². The molecule has 0 saturated heterocycles. The molecule has 0 amide bonds. The van der Waals surface area contributed by atoms with Crippen molar-refractivity contribution < 1.29 is 9.90 Å². The van der Waals surface area contributed by atoms with Crippen molar-refractivity contribution in [3.63, 3.8) is 0 Å². The van der Waals surface area contributed by atoms with Crippen LogP contribution in [0.3, 0.4) is 0 Å². The van der Waals surface area contributed by atoms with E-state index in [9.17, 15) is 4.79 Å². The van der Waals surface area contributed by atoms with Gasteiger partial charge < -0.3 is 10.8 Å². The largest absolute Gasteiger partial charge is 0.476 e. The fourth-order valence-corrected chi connectivity index (χ4v) is 1.27. The van der Waals surface area contributed by atoms with Crippen molar-refractivity contribution in [3.05, 3.63) is 23.4 Å². The van der Waals surface area contributed by atoms with E-state index in [0.29, 0.717) is 5.57 Å². The Kier molecular flexibility index (Phi) is 1.51. The zero-order chi connectivity index (χ0) is 9.42. The molecule has 2 rings (SSSR count). The van der Waals surface area contributed by atoms with Gasteiger partial charge in [0.15, 0.2) is 11.9 Å². The van der Waals surface area contributed by atoms with Gasteiger partial charge in [-0.2, -0.15) is 0 Å². The molecule has 1 unspecified atom stereocenters. The molecule has 0 aromatic rings. The molecule has 66 valence electrons. The Bertz CT molecular complexity index is 390. The molecule has 0 aromatic heterocycles. The Morgan fingerprint density at radius 2 is 2.38 bits per heavy atom. The lowest BCUT2D eigenvalue weighted by molar-refractivity contribution is -0.129. The summed E-state index contributed by atoms with van der Waals surface area (Å²) in [5, 5.41) is 8.71. The van der Waals surface area contributed by atoms with Crippen LogP contribution in [0, 0.1) is 0 Å². The van der Waals surface area contributed by atoms with Crippen LogP contribution >= 0.6 is 0 Å². The highest BCUT2D eigenvalue weighted by molar-refractivity contribution is 6.43. The predicted molar refractivity (Wildman–Crippen MR) is 47.7 cm³/mol. The van der Waals surface area contributed by atoms with Gasteiger partial charge in [-0.15, -0.1) is 0 Å². The molecule has 1 atom stereocenters. The number of carboxylic acids is 1. The number of nitrogens with two attached hydrogens (primary N) is 1. The van der Waals surface area contributed by atoms with Crippen molar-refractivity contribution in [2.75, 3.05) is 0 Å². The summed E-state index contributed by atoms with van der Waals surface area (Å²) in [7, 11) is 0. The number of dihydropyridines is 1. The average molecular weight is 177 g/mol. The molecule has 0 spiro atoms. The minimum absolute atomic E-state index is 0.0938. The minimum Gasteiger partial charge on any atom is -0.476 e. The summed E-state index contributed by atoms with van der Waals surface area (Å²) in [6, 6.07) is 0. The van der Waals surface area contributed by atoms with Gasteiger partial charge in [0.25, 0.3) is 0 Å². The van der Waals surface area contributed by atoms with E-state index >= 15 is 0 Å². The summed E-state index contributed by atoms with van der Waals surface area (Å²) in [5.41, 5.74) is 6.36. The molecule has 0 bridgehead atoms. The third-order valence-electron chi connectivity index (χ3n) is 1.89. The van der Waals surface area contributed by atoms with Crippen molar-refractivity contribution in [1.29, 1.82) is 0 Å². The number of nitrogens with zero attached hydrogens (tertiary/aromatic N) is 2. The summed E-state index contributed by atoms with van der Waals surface area (Å²) >= 11 is 0. The smallest absolute Gasteiger partial charge is 0.356 e. The number of rotatable bonds is 1. The number of aliphatic imine (C=N–C) groups is 2. The van der Waals surface area contributed by atoms with Gasteiger partial charge >= 0.3 is 5.97 Å². The Morgan fingerprint density at radius 3 is 3.00 bits per heavy atom. The predicted octanol–water partition coefficient (Wildman–Crippen LogP) is -0.295. The fourth-order valence-electron chi connectivity index (χ4n) is 1.27. The van der Waals surface area contributed by atoms with Gasteiger partial charge in [-0.05, 0) is 6.08 Å². The zero-order valence-electron chi connectivity index (χ0n) is 6.64. The van der Waals surface area contributed by atoms with E-state index in [2.05, 4.69) is 9.98 Å². The lowest BCUT2D eigenvalue weighted by Gasteiger charge is -2.05. The molecule has 0 radical (unpaired) electrons. The van der Waals surface area contributed by atoms with Crippen LogP contribution in [0.1, 0.15) is 0 Å². The third-order valence-corrected chi connectivity index (χ3v) is 1.89. The standard InChI is InChI=1S/C8H7N3O2/c9-5-4-2-1-3-10-7(4)11-6(5)8(12)13/h1-3,7H,9H2,(H,12,13). The number of aliphatic carboxylic acids is 1. The number of carboxylic acid groups (broad SMARTS) is 1. The van der Waals surface area contributed by atoms with Crippen LogP contribution in [0.5, 0.6) is 0 Å². The second kappa shape index (κ2) is 2.55. The first-order valence-corrected chi connectivity index (χ1v) is 3.71. The van der Waals surface area contributed by atoms with Gasteiger partial charge in [0.2, 0.25) is 0 Å². The SMILES string of the molecule is NC1=C2C=CC=NC2N=C1C(=O)O. The van der Waals surface area contributed by atoms with E-state index in [0.717, 1.165) is 0 Å². The van der Waals surface area contributed by atoms with Gasteiger partial charge in [0.1, 0.15) is 0 Å². The molecule has 0 aliphatic carbocycles. The molecule has 3 N–H and O–H groups in total. The number of allylic oxidation sites excluding steroid dienone is 1. The molecule has 0 saturated carbocycles.